The third kappa shape index (κ3) is 9.75. The molecule has 0 heterocycles. The zero-order valence-corrected chi connectivity index (χ0v) is 25.0. The fourth-order valence-electron chi connectivity index (χ4n) is 3.59. The van der Waals surface area contributed by atoms with E-state index in [1.165, 1.54) is 51.8 Å². The molecule has 5 heteroatoms. The van der Waals surface area contributed by atoms with Crippen molar-refractivity contribution in [3.8, 4) is 0 Å². The summed E-state index contributed by atoms with van der Waals surface area (Å²) in [6.45, 7) is 19.5. The van der Waals surface area contributed by atoms with Gasteiger partial charge in [-0.05, 0) is 0 Å². The van der Waals surface area contributed by atoms with Crippen LogP contribution in [0.4, 0.5) is 0 Å². The van der Waals surface area contributed by atoms with Crippen molar-refractivity contribution >= 4 is 26.7 Å². The Morgan fingerprint density at radius 2 is 1.31 bits per heavy atom. The Morgan fingerprint density at radius 3 is 1.62 bits per heavy atom. The Balaban J connectivity index is 5.68. The summed E-state index contributed by atoms with van der Waals surface area (Å²) in [5.74, 6) is -1.49. The van der Waals surface area contributed by atoms with Gasteiger partial charge in [0.15, 0.2) is 0 Å². The molecule has 0 radical (unpaired) electrons. The predicted molar refractivity (Wildman–Crippen MR) is 134 cm³/mol. The van der Waals surface area contributed by atoms with Gasteiger partial charge >= 0.3 is 188 Å². The van der Waals surface area contributed by atoms with E-state index in [1.54, 1.807) is 0 Å². The SMILES string of the molecule is CCC[CH2][Sn](/[CH]=C/[C@@H](O)[C@@](O)(CC)O[Si](C)(C)C(C)(C)C)([CH2]CCC)[CH2]CCC. The molecule has 0 unspecified atom stereocenters. The fourth-order valence-corrected chi connectivity index (χ4v) is 19.4. The van der Waals surface area contributed by atoms with Crippen LogP contribution in [0.2, 0.25) is 31.4 Å². The molecule has 0 aliphatic heterocycles. The molecule has 0 saturated heterocycles. The molecular weight excluding hydrogens is 483 g/mol. The molecule has 174 valence electrons. The number of hydrogen-bond donors (Lipinski definition) is 2. The van der Waals surface area contributed by atoms with Gasteiger partial charge in [-0.2, -0.15) is 0 Å². The summed E-state index contributed by atoms with van der Waals surface area (Å²) < 4.78 is 12.9. The summed E-state index contributed by atoms with van der Waals surface area (Å²) in [7, 11) is -2.19. The minimum absolute atomic E-state index is 0.00799. The van der Waals surface area contributed by atoms with Gasteiger partial charge in [-0.1, -0.05) is 0 Å². The van der Waals surface area contributed by atoms with E-state index in [4.69, 9.17) is 4.43 Å². The molecule has 0 aromatic carbocycles. The van der Waals surface area contributed by atoms with E-state index in [2.05, 4.69) is 58.7 Å². The molecule has 0 saturated carbocycles. The van der Waals surface area contributed by atoms with Crippen molar-refractivity contribution in [1.82, 2.24) is 0 Å². The zero-order valence-electron chi connectivity index (χ0n) is 21.1. The first-order valence-corrected chi connectivity index (χ1v) is 22.7. The van der Waals surface area contributed by atoms with E-state index in [0.717, 1.165) is 0 Å². The molecule has 0 fully saturated rings. The fraction of sp³-hybridized carbons (Fsp3) is 0.917. The molecule has 3 nitrogen and oxygen atoms in total. The van der Waals surface area contributed by atoms with Gasteiger partial charge in [-0.3, -0.25) is 0 Å². The first-order chi connectivity index (χ1) is 13.3. The van der Waals surface area contributed by atoms with Gasteiger partial charge < -0.3 is 0 Å². The summed E-state index contributed by atoms with van der Waals surface area (Å²) in [6, 6.07) is 0. The van der Waals surface area contributed by atoms with E-state index in [0.29, 0.717) is 6.42 Å². The molecule has 0 aromatic heterocycles. The molecule has 0 spiro atoms. The van der Waals surface area contributed by atoms with Gasteiger partial charge in [0.05, 0.1) is 0 Å². The molecule has 0 aliphatic rings. The van der Waals surface area contributed by atoms with Crippen LogP contribution in [-0.4, -0.2) is 48.8 Å². The van der Waals surface area contributed by atoms with Crippen molar-refractivity contribution in [3.05, 3.63) is 10.2 Å². The number of rotatable bonds is 15. The molecule has 0 aromatic rings. The van der Waals surface area contributed by atoms with Crippen molar-refractivity contribution in [2.45, 2.75) is 137 Å². The Hall–Kier alpha value is 0.636. The number of aliphatic hydroxyl groups is 2. The van der Waals surface area contributed by atoms with Crippen LogP contribution in [0, 0.1) is 0 Å². The molecule has 0 amide bonds. The second-order valence-electron chi connectivity index (χ2n) is 10.5. The number of aliphatic hydroxyl groups excluding tert-OH is 1. The second-order valence-corrected chi connectivity index (χ2v) is 28.3. The molecule has 0 rings (SSSR count). The van der Waals surface area contributed by atoms with Crippen molar-refractivity contribution in [1.29, 1.82) is 0 Å². The molecule has 2 N–H and O–H groups in total. The van der Waals surface area contributed by atoms with E-state index >= 15 is 0 Å². The normalized spacial score (nSPS) is 16.9. The molecular formula is C24H52O3SiSn. The second kappa shape index (κ2) is 13.2. The van der Waals surface area contributed by atoms with Crippen LogP contribution in [0.15, 0.2) is 10.2 Å². The summed E-state index contributed by atoms with van der Waals surface area (Å²) in [5, 5.41) is 22.3. The zero-order chi connectivity index (χ0) is 22.8. The summed E-state index contributed by atoms with van der Waals surface area (Å²) >= 11 is -2.49. The Morgan fingerprint density at radius 1 is 0.897 bits per heavy atom. The average molecular weight is 535 g/mol. The van der Waals surface area contributed by atoms with Gasteiger partial charge in [-0.15, -0.1) is 0 Å². The van der Waals surface area contributed by atoms with E-state index < -0.39 is 38.6 Å². The van der Waals surface area contributed by atoms with Crippen molar-refractivity contribution in [3.63, 3.8) is 0 Å². The maximum atomic E-state index is 11.2. The topological polar surface area (TPSA) is 49.7 Å². The monoisotopic (exact) mass is 536 g/mol. The quantitative estimate of drug-likeness (QED) is 0.170. The Kier molecular flexibility index (Phi) is 13.5. The van der Waals surface area contributed by atoms with Gasteiger partial charge in [-0.25, -0.2) is 0 Å². The van der Waals surface area contributed by atoms with Gasteiger partial charge in [0.2, 0.25) is 0 Å². The molecule has 2 atom stereocenters. The van der Waals surface area contributed by atoms with Gasteiger partial charge in [0.1, 0.15) is 0 Å². The van der Waals surface area contributed by atoms with Gasteiger partial charge in [0.25, 0.3) is 0 Å². The van der Waals surface area contributed by atoms with Crippen LogP contribution >= 0.6 is 0 Å². The van der Waals surface area contributed by atoms with E-state index in [9.17, 15) is 10.2 Å². The first-order valence-electron chi connectivity index (χ1n) is 12.1. The number of hydrogen-bond acceptors (Lipinski definition) is 3. The summed E-state index contributed by atoms with van der Waals surface area (Å²) in [4.78, 5) is 0. The number of unbranched alkanes of at least 4 members (excludes halogenated alkanes) is 3. The van der Waals surface area contributed by atoms with Crippen LogP contribution in [-0.2, 0) is 4.43 Å². The standard InChI is InChI=1S/C12H25O3Si.3C4H9.Sn/c1-8-10(13)12(14,9-2)15-16(6,7)11(3,4)5;3*1-3-4-2;/h1,8,10,13-14H,9H2,2-7H3;3*1,3-4H2,2H3;/t10-,12-;;;;/m1..../s1. The van der Waals surface area contributed by atoms with Crippen molar-refractivity contribution in [2.75, 3.05) is 0 Å². The van der Waals surface area contributed by atoms with Crippen LogP contribution in [0.25, 0.3) is 0 Å². The third-order valence-corrected chi connectivity index (χ3v) is 25.5. The van der Waals surface area contributed by atoms with Gasteiger partial charge in [0, 0.05) is 0 Å². The van der Waals surface area contributed by atoms with Crippen LogP contribution in [0.1, 0.15) is 93.4 Å². The summed E-state index contributed by atoms with van der Waals surface area (Å²) in [5.41, 5.74) is 0. The van der Waals surface area contributed by atoms with E-state index in [1.807, 2.05) is 13.0 Å². The Labute approximate surface area is 187 Å². The predicted octanol–water partition coefficient (Wildman–Crippen LogP) is 7.41. The average Bonchev–Trinajstić information content (AvgIpc) is 2.65. The van der Waals surface area contributed by atoms with Crippen LogP contribution in [0.5, 0.6) is 0 Å². The van der Waals surface area contributed by atoms with Crippen molar-refractivity contribution < 1.29 is 14.6 Å². The minimum atomic E-state index is -2.49. The molecule has 0 bridgehead atoms. The molecule has 0 aliphatic carbocycles. The Bertz CT molecular complexity index is 451. The van der Waals surface area contributed by atoms with E-state index in [-0.39, 0.29) is 5.04 Å². The van der Waals surface area contributed by atoms with Crippen LogP contribution < -0.4 is 0 Å². The van der Waals surface area contributed by atoms with Crippen LogP contribution in [0.3, 0.4) is 0 Å². The first kappa shape index (κ1) is 29.6. The molecule has 29 heavy (non-hydrogen) atoms. The third-order valence-electron chi connectivity index (χ3n) is 6.92. The summed E-state index contributed by atoms with van der Waals surface area (Å²) in [6.07, 6.45) is 8.97. The van der Waals surface area contributed by atoms with Crippen molar-refractivity contribution in [2.24, 2.45) is 0 Å². The maximum absolute atomic E-state index is 11.2.